The Morgan fingerprint density at radius 2 is 1.91 bits per heavy atom. The van der Waals surface area contributed by atoms with Crippen molar-refractivity contribution in [2.45, 2.75) is 25.0 Å². The lowest BCUT2D eigenvalue weighted by Gasteiger charge is -2.19. The monoisotopic (exact) mass is 523 g/mol. The zero-order valence-electron chi connectivity index (χ0n) is 18.5. The highest BCUT2D eigenvalue weighted by molar-refractivity contribution is 7.89. The summed E-state index contributed by atoms with van der Waals surface area (Å²) in [5.41, 5.74) is 6.34. The number of alkyl halides is 3. The second-order valence-corrected chi connectivity index (χ2v) is 11.2. The molecule has 12 heteroatoms. The van der Waals surface area contributed by atoms with E-state index >= 15 is 0 Å². The maximum atomic E-state index is 13.5. The van der Waals surface area contributed by atoms with Crippen molar-refractivity contribution in [1.82, 2.24) is 9.55 Å². The van der Waals surface area contributed by atoms with Crippen LogP contribution in [0.5, 0.6) is 5.75 Å². The van der Waals surface area contributed by atoms with E-state index in [1.54, 1.807) is 22.8 Å². The molecule has 0 unspecified atom stereocenters. The number of ether oxygens (including phenoxy) is 1. The first-order valence-electron chi connectivity index (χ1n) is 10.2. The Morgan fingerprint density at radius 1 is 1.20 bits per heavy atom. The maximum Gasteiger partial charge on any atom is 0.416 e. The van der Waals surface area contributed by atoms with E-state index in [-0.39, 0.29) is 21.9 Å². The highest BCUT2D eigenvalue weighted by atomic mass is 32.2. The van der Waals surface area contributed by atoms with Crippen LogP contribution in [-0.4, -0.2) is 30.1 Å². The molecule has 2 aromatic carbocycles. The van der Waals surface area contributed by atoms with E-state index in [9.17, 15) is 26.4 Å². The molecule has 2 aromatic heterocycles. The first-order valence-corrected chi connectivity index (χ1v) is 13.1. The van der Waals surface area contributed by atoms with Crippen molar-refractivity contribution in [2.75, 3.05) is 6.26 Å². The molecular weight excluding hydrogens is 503 g/mol. The zero-order chi connectivity index (χ0) is 25.5. The number of nitrogens with two attached hydrogens (primary N) is 1. The summed E-state index contributed by atoms with van der Waals surface area (Å²) >= 11 is 0.989. The summed E-state index contributed by atoms with van der Waals surface area (Å²) in [5.74, 6) is -0.916. The van der Waals surface area contributed by atoms with Crippen LogP contribution in [0.1, 0.15) is 39.4 Å². The molecule has 35 heavy (non-hydrogen) atoms. The van der Waals surface area contributed by atoms with Crippen molar-refractivity contribution in [2.24, 2.45) is 5.73 Å². The van der Waals surface area contributed by atoms with E-state index in [1.807, 2.05) is 0 Å². The second kappa shape index (κ2) is 9.00. The fourth-order valence-corrected chi connectivity index (χ4v) is 5.44. The molecular formula is C23H20F3N3O4S2. The van der Waals surface area contributed by atoms with Crippen LogP contribution in [0.25, 0.3) is 16.0 Å². The smallest absolute Gasteiger partial charge is 0.416 e. The summed E-state index contributed by atoms with van der Waals surface area (Å²) in [6.07, 6.45) is -2.97. The molecule has 0 aliphatic carbocycles. The van der Waals surface area contributed by atoms with Crippen LogP contribution in [0.15, 0.2) is 54.9 Å². The van der Waals surface area contributed by atoms with Gasteiger partial charge in [-0.25, -0.2) is 13.4 Å². The van der Waals surface area contributed by atoms with Gasteiger partial charge in [0, 0.05) is 17.9 Å². The van der Waals surface area contributed by atoms with Crippen molar-refractivity contribution >= 4 is 38.1 Å². The first-order chi connectivity index (χ1) is 16.3. The van der Waals surface area contributed by atoms with E-state index in [2.05, 4.69) is 4.98 Å². The number of primary amides is 1. The van der Waals surface area contributed by atoms with E-state index in [4.69, 9.17) is 10.5 Å². The number of nitrogens with zero attached hydrogens (tertiary/aromatic N) is 2. The second-order valence-electron chi connectivity index (χ2n) is 8.00. The number of benzene rings is 2. The standard InChI is InChI=1S/C23H20F3N3O4S2/c1-13(15-5-3-4-6-16(15)23(24,25)26)33-19-10-20(34-21(19)22(27)30)29-12-28-17-8-7-14(9-18(17)29)11-35(2,31)32/h3-10,12-13H,11H2,1-2H3,(H2,27,30)/t13-/m1/s1. The van der Waals surface area contributed by atoms with Crippen LogP contribution in [0.2, 0.25) is 0 Å². The quantitative estimate of drug-likeness (QED) is 0.372. The van der Waals surface area contributed by atoms with Crippen molar-refractivity contribution in [3.05, 3.63) is 76.4 Å². The number of fused-ring (bicyclic) bond motifs is 1. The molecule has 2 heterocycles. The average Bonchev–Trinajstić information content (AvgIpc) is 3.35. The normalized spacial score (nSPS) is 13.2. The third-order valence-electron chi connectivity index (χ3n) is 5.19. The van der Waals surface area contributed by atoms with Crippen molar-refractivity contribution in [1.29, 1.82) is 0 Å². The first kappa shape index (κ1) is 24.7. The number of carbonyl (C=O) groups is 1. The number of hydrogen-bond donors (Lipinski definition) is 1. The number of aromatic nitrogens is 2. The van der Waals surface area contributed by atoms with Gasteiger partial charge in [0.25, 0.3) is 5.91 Å². The Morgan fingerprint density at radius 3 is 2.57 bits per heavy atom. The number of thiophene rings is 1. The van der Waals surface area contributed by atoms with E-state index in [1.165, 1.54) is 37.5 Å². The van der Waals surface area contributed by atoms with Crippen molar-refractivity contribution < 1.29 is 31.1 Å². The van der Waals surface area contributed by atoms with E-state index < -0.39 is 33.6 Å². The van der Waals surface area contributed by atoms with Gasteiger partial charge >= 0.3 is 6.18 Å². The minimum atomic E-state index is -4.57. The van der Waals surface area contributed by atoms with Crippen LogP contribution >= 0.6 is 11.3 Å². The zero-order valence-corrected chi connectivity index (χ0v) is 20.2. The lowest BCUT2D eigenvalue weighted by Crippen LogP contribution is -2.15. The summed E-state index contributed by atoms with van der Waals surface area (Å²) in [4.78, 5) is 16.4. The summed E-state index contributed by atoms with van der Waals surface area (Å²) in [5, 5.41) is 0.476. The maximum absolute atomic E-state index is 13.5. The number of rotatable bonds is 7. The summed E-state index contributed by atoms with van der Waals surface area (Å²) in [7, 11) is -3.26. The molecule has 4 rings (SSSR count). The Kier molecular flexibility index (Phi) is 6.36. The predicted octanol–water partition coefficient (Wildman–Crippen LogP) is 4.89. The van der Waals surface area contributed by atoms with E-state index in [0.29, 0.717) is 21.6 Å². The number of imidazole rings is 1. The molecule has 0 radical (unpaired) electrons. The number of carbonyl (C=O) groups excluding carboxylic acids is 1. The van der Waals surface area contributed by atoms with Crippen LogP contribution in [0, 0.1) is 0 Å². The van der Waals surface area contributed by atoms with Gasteiger partial charge in [0.2, 0.25) is 0 Å². The summed E-state index contributed by atoms with van der Waals surface area (Å²) < 4.78 is 71.2. The highest BCUT2D eigenvalue weighted by Gasteiger charge is 2.35. The van der Waals surface area contributed by atoms with Gasteiger partial charge in [0.05, 0.1) is 22.3 Å². The predicted molar refractivity (Wildman–Crippen MR) is 126 cm³/mol. The molecule has 0 bridgehead atoms. The van der Waals surface area contributed by atoms with Gasteiger partial charge in [0.15, 0.2) is 9.84 Å². The fraction of sp³-hybridized carbons (Fsp3) is 0.217. The number of amides is 1. The lowest BCUT2D eigenvalue weighted by molar-refractivity contribution is -0.139. The van der Waals surface area contributed by atoms with E-state index in [0.717, 1.165) is 23.7 Å². The molecule has 0 aliphatic heterocycles. The highest BCUT2D eigenvalue weighted by Crippen LogP contribution is 2.39. The molecule has 0 spiro atoms. The molecule has 1 amide bonds. The van der Waals surface area contributed by atoms with Crippen LogP contribution in [0.4, 0.5) is 13.2 Å². The summed E-state index contributed by atoms with van der Waals surface area (Å²) in [6, 6.07) is 11.6. The topological polar surface area (TPSA) is 104 Å². The SMILES string of the molecule is C[C@@H](Oc1cc(-n2cnc3ccc(CS(C)(=O)=O)cc32)sc1C(N)=O)c1ccccc1C(F)(F)F. The lowest BCUT2D eigenvalue weighted by atomic mass is 10.0. The molecule has 0 saturated heterocycles. The minimum absolute atomic E-state index is 0.0329. The molecule has 1 atom stereocenters. The van der Waals surface area contributed by atoms with Crippen molar-refractivity contribution in [3.63, 3.8) is 0 Å². The molecule has 0 aliphatic rings. The Balaban J connectivity index is 1.73. The van der Waals surface area contributed by atoms with Crippen molar-refractivity contribution in [3.8, 4) is 10.8 Å². The molecule has 0 fully saturated rings. The summed E-state index contributed by atoms with van der Waals surface area (Å²) in [6.45, 7) is 1.46. The molecule has 0 saturated carbocycles. The van der Waals surface area contributed by atoms with Gasteiger partial charge in [0.1, 0.15) is 28.1 Å². The van der Waals surface area contributed by atoms with Gasteiger partial charge in [-0.15, -0.1) is 11.3 Å². The number of halogens is 3. The molecule has 4 aromatic rings. The molecule has 184 valence electrons. The molecule has 2 N–H and O–H groups in total. The van der Waals surface area contributed by atoms with Gasteiger partial charge in [-0.1, -0.05) is 24.3 Å². The number of sulfone groups is 1. The Bertz CT molecular complexity index is 1520. The molecule has 7 nitrogen and oxygen atoms in total. The number of hydrogen-bond acceptors (Lipinski definition) is 6. The largest absolute Gasteiger partial charge is 0.484 e. The van der Waals surface area contributed by atoms with Crippen LogP contribution < -0.4 is 10.5 Å². The Labute approximate surface area is 202 Å². The third kappa shape index (κ3) is 5.33. The average molecular weight is 524 g/mol. The minimum Gasteiger partial charge on any atom is -0.484 e. The van der Waals surface area contributed by atoms with Gasteiger partial charge in [-0.3, -0.25) is 9.36 Å². The Hall–Kier alpha value is -3.38. The van der Waals surface area contributed by atoms with Gasteiger partial charge in [-0.2, -0.15) is 13.2 Å². The fourth-order valence-electron chi connectivity index (χ4n) is 3.73. The van der Waals surface area contributed by atoms with Gasteiger partial charge < -0.3 is 10.5 Å². The van der Waals surface area contributed by atoms with Crippen LogP contribution in [-0.2, 0) is 21.8 Å². The third-order valence-corrected chi connectivity index (χ3v) is 7.18. The van der Waals surface area contributed by atoms with Crippen LogP contribution in [0.3, 0.4) is 0 Å². The van der Waals surface area contributed by atoms with Gasteiger partial charge in [-0.05, 0) is 30.7 Å².